The molecule has 158 valence electrons. The Morgan fingerprint density at radius 1 is 0.867 bits per heavy atom. The first-order valence-corrected chi connectivity index (χ1v) is 11.5. The van der Waals surface area contributed by atoms with Crippen LogP contribution in [-0.4, -0.2) is 65.3 Å². The summed E-state index contributed by atoms with van der Waals surface area (Å²) in [5.74, 6) is 0.0680. The quantitative estimate of drug-likeness (QED) is 0.683. The predicted octanol–water partition coefficient (Wildman–Crippen LogP) is 3.79. The first-order valence-electron chi connectivity index (χ1n) is 10.7. The van der Waals surface area contributed by atoms with Gasteiger partial charge in [0.1, 0.15) is 6.04 Å². The summed E-state index contributed by atoms with van der Waals surface area (Å²) in [4.78, 5) is 32.5. The molecule has 2 amide bonds. The molecule has 1 unspecified atom stereocenters. The first-order chi connectivity index (χ1) is 14.6. The lowest BCUT2D eigenvalue weighted by Gasteiger charge is -2.30. The molecule has 5 nitrogen and oxygen atoms in total. The van der Waals surface area contributed by atoms with E-state index in [1.807, 2.05) is 35.2 Å². The van der Waals surface area contributed by atoms with Crippen LogP contribution >= 0.6 is 15.9 Å². The minimum absolute atomic E-state index is 0.0427. The van der Waals surface area contributed by atoms with Crippen molar-refractivity contribution in [1.29, 1.82) is 0 Å². The molecular weight excluding hydrogens is 442 g/mol. The average molecular weight is 470 g/mol. The molecule has 6 heteroatoms. The number of carbonyl (C=O) groups excluding carboxylic acids is 2. The van der Waals surface area contributed by atoms with Gasteiger partial charge in [0.05, 0.1) is 0 Å². The van der Waals surface area contributed by atoms with Crippen LogP contribution in [0.25, 0.3) is 0 Å². The number of likely N-dealkylation sites (tertiary alicyclic amines) is 1. The summed E-state index contributed by atoms with van der Waals surface area (Å²) in [5, 5.41) is 0. The summed E-state index contributed by atoms with van der Waals surface area (Å²) in [6, 6.07) is 17.5. The molecule has 30 heavy (non-hydrogen) atoms. The summed E-state index contributed by atoms with van der Waals surface area (Å²) < 4.78 is 0.942. The monoisotopic (exact) mass is 469 g/mol. The molecule has 4 rings (SSSR count). The topological polar surface area (TPSA) is 43.9 Å². The third-order valence-electron chi connectivity index (χ3n) is 6.04. The summed E-state index contributed by atoms with van der Waals surface area (Å²) in [6.45, 7) is 4.92. The molecule has 2 aromatic carbocycles. The summed E-state index contributed by atoms with van der Waals surface area (Å²) >= 11 is 3.41. The van der Waals surface area contributed by atoms with E-state index < -0.39 is 0 Å². The SMILES string of the molecule is O=C(C1CCCN1C(=O)c1ccc(Br)cc1)N1CCCN(Cc2ccccc2)CC1. The molecular formula is C24H28BrN3O2. The van der Waals surface area contributed by atoms with Crippen LogP contribution in [0.4, 0.5) is 0 Å². The maximum atomic E-state index is 13.3. The van der Waals surface area contributed by atoms with Crippen molar-refractivity contribution < 1.29 is 9.59 Å². The van der Waals surface area contributed by atoms with Gasteiger partial charge in [-0.15, -0.1) is 0 Å². The van der Waals surface area contributed by atoms with Gasteiger partial charge in [-0.05, 0) is 49.1 Å². The van der Waals surface area contributed by atoms with Crippen molar-refractivity contribution in [3.8, 4) is 0 Å². The van der Waals surface area contributed by atoms with Crippen LogP contribution in [0.1, 0.15) is 35.2 Å². The van der Waals surface area contributed by atoms with Crippen molar-refractivity contribution in [2.75, 3.05) is 32.7 Å². The zero-order valence-electron chi connectivity index (χ0n) is 17.2. The van der Waals surface area contributed by atoms with Gasteiger partial charge in [-0.3, -0.25) is 14.5 Å². The standard InChI is InChI=1S/C24H28BrN3O2/c25-21-11-9-20(10-12-21)23(29)28-15-4-8-22(28)24(30)27-14-5-13-26(16-17-27)18-19-6-2-1-3-7-19/h1-3,6-7,9-12,22H,4-5,8,13-18H2. The second kappa shape index (κ2) is 9.75. The van der Waals surface area contributed by atoms with Crippen LogP contribution in [-0.2, 0) is 11.3 Å². The van der Waals surface area contributed by atoms with Gasteiger partial charge in [0.2, 0.25) is 5.91 Å². The van der Waals surface area contributed by atoms with Crippen LogP contribution in [0.3, 0.4) is 0 Å². The van der Waals surface area contributed by atoms with Crippen molar-refractivity contribution in [1.82, 2.24) is 14.7 Å². The number of nitrogens with zero attached hydrogens (tertiary/aromatic N) is 3. The minimum Gasteiger partial charge on any atom is -0.340 e. The number of hydrogen-bond acceptors (Lipinski definition) is 3. The molecule has 0 aromatic heterocycles. The van der Waals surface area contributed by atoms with Gasteiger partial charge in [-0.1, -0.05) is 46.3 Å². The fraction of sp³-hybridized carbons (Fsp3) is 0.417. The molecule has 0 aliphatic carbocycles. The number of halogens is 1. The first kappa shape index (κ1) is 21.1. The van der Waals surface area contributed by atoms with Crippen LogP contribution in [0.15, 0.2) is 59.1 Å². The highest BCUT2D eigenvalue weighted by Crippen LogP contribution is 2.23. The molecule has 1 atom stereocenters. The molecule has 2 aliphatic rings. The van der Waals surface area contributed by atoms with E-state index in [9.17, 15) is 9.59 Å². The summed E-state index contributed by atoms with van der Waals surface area (Å²) in [6.07, 6.45) is 2.60. The Hall–Kier alpha value is -2.18. The smallest absolute Gasteiger partial charge is 0.254 e. The van der Waals surface area contributed by atoms with Crippen molar-refractivity contribution in [3.63, 3.8) is 0 Å². The third kappa shape index (κ3) is 4.93. The average Bonchev–Trinajstić information content (AvgIpc) is 3.14. The van der Waals surface area contributed by atoms with E-state index in [2.05, 4.69) is 45.1 Å². The van der Waals surface area contributed by atoms with Gasteiger partial charge in [-0.2, -0.15) is 0 Å². The lowest BCUT2D eigenvalue weighted by molar-refractivity contribution is -0.135. The fourth-order valence-corrected chi connectivity index (χ4v) is 4.69. The number of carbonyl (C=O) groups is 2. The van der Waals surface area contributed by atoms with Crippen LogP contribution in [0, 0.1) is 0 Å². The highest BCUT2D eigenvalue weighted by Gasteiger charge is 2.37. The van der Waals surface area contributed by atoms with Gasteiger partial charge in [0.25, 0.3) is 5.91 Å². The molecule has 2 aliphatic heterocycles. The van der Waals surface area contributed by atoms with E-state index in [-0.39, 0.29) is 17.9 Å². The van der Waals surface area contributed by atoms with Crippen molar-refractivity contribution >= 4 is 27.7 Å². The zero-order chi connectivity index (χ0) is 20.9. The molecule has 2 aromatic rings. The zero-order valence-corrected chi connectivity index (χ0v) is 18.8. The van der Waals surface area contributed by atoms with E-state index in [1.165, 1.54) is 5.56 Å². The van der Waals surface area contributed by atoms with E-state index in [0.717, 1.165) is 56.5 Å². The van der Waals surface area contributed by atoms with Gasteiger partial charge in [0, 0.05) is 49.3 Å². The maximum absolute atomic E-state index is 13.3. The molecule has 0 bridgehead atoms. The predicted molar refractivity (Wildman–Crippen MR) is 121 cm³/mol. The minimum atomic E-state index is -0.332. The molecule has 0 N–H and O–H groups in total. The van der Waals surface area contributed by atoms with Gasteiger partial charge >= 0.3 is 0 Å². The molecule has 0 saturated carbocycles. The Labute approximate surface area is 186 Å². The van der Waals surface area contributed by atoms with Crippen molar-refractivity contribution in [3.05, 3.63) is 70.2 Å². The Balaban J connectivity index is 1.38. The second-order valence-corrected chi connectivity index (χ2v) is 9.02. The number of benzene rings is 2. The lowest BCUT2D eigenvalue weighted by Crippen LogP contribution is -2.48. The Morgan fingerprint density at radius 3 is 2.40 bits per heavy atom. The third-order valence-corrected chi connectivity index (χ3v) is 6.57. The molecule has 2 saturated heterocycles. The lowest BCUT2D eigenvalue weighted by atomic mass is 10.1. The van der Waals surface area contributed by atoms with E-state index in [0.29, 0.717) is 12.1 Å². The molecule has 2 fully saturated rings. The Bertz CT molecular complexity index is 872. The number of amides is 2. The van der Waals surface area contributed by atoms with Crippen molar-refractivity contribution in [2.24, 2.45) is 0 Å². The van der Waals surface area contributed by atoms with Crippen LogP contribution < -0.4 is 0 Å². The van der Waals surface area contributed by atoms with Gasteiger partial charge < -0.3 is 9.80 Å². The van der Waals surface area contributed by atoms with E-state index in [1.54, 1.807) is 4.90 Å². The molecule has 0 radical (unpaired) electrons. The second-order valence-electron chi connectivity index (χ2n) is 8.10. The highest BCUT2D eigenvalue weighted by atomic mass is 79.9. The number of rotatable bonds is 4. The largest absolute Gasteiger partial charge is 0.340 e. The summed E-state index contributed by atoms with van der Waals surface area (Å²) in [5.41, 5.74) is 1.95. The maximum Gasteiger partial charge on any atom is 0.254 e. The number of hydrogen-bond donors (Lipinski definition) is 0. The fourth-order valence-electron chi connectivity index (χ4n) is 4.43. The van der Waals surface area contributed by atoms with Gasteiger partial charge in [0.15, 0.2) is 0 Å². The highest BCUT2D eigenvalue weighted by molar-refractivity contribution is 9.10. The molecule has 0 spiro atoms. The Morgan fingerprint density at radius 2 is 1.63 bits per heavy atom. The summed E-state index contributed by atoms with van der Waals surface area (Å²) in [7, 11) is 0. The molecule has 2 heterocycles. The normalized spacial score (nSPS) is 20.2. The van der Waals surface area contributed by atoms with Crippen LogP contribution in [0.5, 0.6) is 0 Å². The van der Waals surface area contributed by atoms with Crippen molar-refractivity contribution in [2.45, 2.75) is 31.8 Å². The van der Waals surface area contributed by atoms with Gasteiger partial charge in [-0.25, -0.2) is 0 Å². The van der Waals surface area contributed by atoms with E-state index in [4.69, 9.17) is 0 Å². The van der Waals surface area contributed by atoms with Crippen LogP contribution in [0.2, 0.25) is 0 Å². The van der Waals surface area contributed by atoms with E-state index >= 15 is 0 Å². The Kier molecular flexibility index (Phi) is 6.85.